The fraction of sp³-hybridized carbons (Fsp3) is 0.250. The van der Waals surface area contributed by atoms with Gasteiger partial charge in [0.15, 0.2) is 0 Å². The Bertz CT molecular complexity index is 672. The third kappa shape index (κ3) is 2.32. The Morgan fingerprint density at radius 2 is 2.05 bits per heavy atom. The number of rotatable bonds is 2. The predicted molar refractivity (Wildman–Crippen MR) is 79.5 cm³/mol. The van der Waals surface area contributed by atoms with Crippen molar-refractivity contribution in [3.05, 3.63) is 51.4 Å². The Morgan fingerprint density at radius 1 is 1.26 bits per heavy atom. The smallest absolute Gasteiger partial charge is 0.134 e. The van der Waals surface area contributed by atoms with E-state index in [1.165, 1.54) is 22.4 Å². The molecule has 1 aromatic heterocycles. The third-order valence-electron chi connectivity index (χ3n) is 3.42. The minimum Gasteiger partial charge on any atom is -0.244 e. The Labute approximate surface area is 117 Å². The number of benzene rings is 1. The Morgan fingerprint density at radius 3 is 2.79 bits per heavy atom. The van der Waals surface area contributed by atoms with Crippen LogP contribution in [0.1, 0.15) is 33.6 Å². The van der Waals surface area contributed by atoms with Crippen molar-refractivity contribution in [1.29, 1.82) is 5.26 Å². The molecular weight excluding hydrogens is 252 g/mol. The second-order valence-corrected chi connectivity index (χ2v) is 5.90. The zero-order valence-corrected chi connectivity index (χ0v) is 11.6. The van der Waals surface area contributed by atoms with Crippen LogP contribution in [0.15, 0.2) is 29.3 Å². The zero-order chi connectivity index (χ0) is 13.2. The first-order chi connectivity index (χ1) is 9.28. The monoisotopic (exact) mass is 266 g/mol. The summed E-state index contributed by atoms with van der Waals surface area (Å²) in [6.45, 7) is 2.07. The summed E-state index contributed by atoms with van der Waals surface area (Å²) in [7, 11) is 0. The summed E-state index contributed by atoms with van der Waals surface area (Å²) in [5, 5.41) is 10.2. The van der Waals surface area contributed by atoms with Crippen molar-refractivity contribution >= 4 is 22.6 Å². The van der Waals surface area contributed by atoms with Crippen molar-refractivity contribution in [2.45, 2.75) is 26.2 Å². The van der Waals surface area contributed by atoms with Crippen LogP contribution in [0.3, 0.4) is 0 Å². The van der Waals surface area contributed by atoms with E-state index in [4.69, 9.17) is 0 Å². The number of thiophene rings is 1. The number of hydrogen-bond donors (Lipinski definition) is 0. The topological polar surface area (TPSA) is 36.1 Å². The third-order valence-corrected chi connectivity index (χ3v) is 4.62. The van der Waals surface area contributed by atoms with Crippen LogP contribution in [0.5, 0.6) is 0 Å². The van der Waals surface area contributed by atoms with E-state index in [0.717, 1.165) is 29.0 Å². The van der Waals surface area contributed by atoms with E-state index in [1.807, 2.05) is 18.3 Å². The standard InChI is InChI=1S/C16H14N2S/c1-11-5-7-12(8-6-11)10-18-16-14(9-17)13-3-2-4-15(13)19-16/h5-8,10H,2-4H2,1H3. The van der Waals surface area contributed by atoms with Gasteiger partial charge in [0.1, 0.15) is 11.1 Å². The molecule has 0 bridgehead atoms. The van der Waals surface area contributed by atoms with E-state index in [-0.39, 0.29) is 0 Å². The molecule has 0 fully saturated rings. The van der Waals surface area contributed by atoms with Crippen LogP contribution in [0.2, 0.25) is 0 Å². The highest BCUT2D eigenvalue weighted by atomic mass is 32.1. The number of hydrogen-bond acceptors (Lipinski definition) is 3. The van der Waals surface area contributed by atoms with Gasteiger partial charge >= 0.3 is 0 Å². The van der Waals surface area contributed by atoms with Gasteiger partial charge in [0, 0.05) is 11.1 Å². The average Bonchev–Trinajstić information content (AvgIpc) is 2.98. The molecule has 0 unspecified atom stereocenters. The highest BCUT2D eigenvalue weighted by Gasteiger charge is 2.21. The second-order valence-electron chi connectivity index (χ2n) is 4.82. The normalized spacial score (nSPS) is 13.7. The van der Waals surface area contributed by atoms with Gasteiger partial charge in [0.2, 0.25) is 0 Å². The van der Waals surface area contributed by atoms with Crippen molar-refractivity contribution < 1.29 is 0 Å². The van der Waals surface area contributed by atoms with Gasteiger partial charge in [-0.15, -0.1) is 11.3 Å². The molecule has 0 aliphatic heterocycles. The first-order valence-corrected chi connectivity index (χ1v) is 7.25. The molecule has 19 heavy (non-hydrogen) atoms. The van der Waals surface area contributed by atoms with Crippen molar-refractivity contribution in [3.63, 3.8) is 0 Å². The summed E-state index contributed by atoms with van der Waals surface area (Å²) in [4.78, 5) is 5.87. The summed E-state index contributed by atoms with van der Waals surface area (Å²) < 4.78 is 0. The van der Waals surface area contributed by atoms with Gasteiger partial charge < -0.3 is 0 Å². The van der Waals surface area contributed by atoms with Crippen LogP contribution in [0, 0.1) is 18.3 Å². The minimum absolute atomic E-state index is 0.792. The van der Waals surface area contributed by atoms with E-state index in [1.54, 1.807) is 11.3 Å². The summed E-state index contributed by atoms with van der Waals surface area (Å²) >= 11 is 1.68. The molecule has 0 radical (unpaired) electrons. The van der Waals surface area contributed by atoms with Crippen LogP contribution < -0.4 is 0 Å². The molecule has 94 valence electrons. The van der Waals surface area contributed by atoms with Crippen molar-refractivity contribution in [3.8, 4) is 6.07 Å². The quantitative estimate of drug-likeness (QED) is 0.751. The molecule has 3 heteroatoms. The molecule has 1 aromatic carbocycles. The molecule has 0 spiro atoms. The molecule has 1 aliphatic carbocycles. The highest BCUT2D eigenvalue weighted by molar-refractivity contribution is 7.16. The molecule has 0 amide bonds. The molecule has 1 aliphatic rings. The van der Waals surface area contributed by atoms with Gasteiger partial charge in [-0.2, -0.15) is 5.26 Å². The average molecular weight is 266 g/mol. The predicted octanol–water partition coefficient (Wildman–Crippen LogP) is 4.17. The number of aliphatic imine (C=N–C) groups is 1. The fourth-order valence-electron chi connectivity index (χ4n) is 2.38. The maximum absolute atomic E-state index is 9.29. The summed E-state index contributed by atoms with van der Waals surface area (Å²) in [6, 6.07) is 10.6. The molecule has 3 rings (SSSR count). The Kier molecular flexibility index (Phi) is 3.18. The fourth-order valence-corrected chi connectivity index (χ4v) is 3.57. The zero-order valence-electron chi connectivity index (χ0n) is 10.8. The van der Waals surface area contributed by atoms with Crippen molar-refractivity contribution in [2.75, 3.05) is 0 Å². The highest BCUT2D eigenvalue weighted by Crippen LogP contribution is 2.40. The Hall–Kier alpha value is -1.92. The molecular formula is C16H14N2S. The molecule has 1 heterocycles. The van der Waals surface area contributed by atoms with E-state index in [9.17, 15) is 5.26 Å². The van der Waals surface area contributed by atoms with Gasteiger partial charge in [0.05, 0.1) is 5.56 Å². The van der Waals surface area contributed by atoms with Crippen molar-refractivity contribution in [1.82, 2.24) is 0 Å². The first kappa shape index (κ1) is 12.1. The summed E-state index contributed by atoms with van der Waals surface area (Å²) in [5.41, 5.74) is 4.34. The molecule has 0 saturated carbocycles. The van der Waals surface area contributed by atoms with E-state index >= 15 is 0 Å². The molecule has 0 saturated heterocycles. The number of nitriles is 1. The SMILES string of the molecule is Cc1ccc(C=Nc2sc3c(c2C#N)CCC3)cc1. The molecule has 2 aromatic rings. The lowest BCUT2D eigenvalue weighted by atomic mass is 10.1. The van der Waals surface area contributed by atoms with E-state index in [2.05, 4.69) is 30.1 Å². The maximum Gasteiger partial charge on any atom is 0.134 e. The molecule has 0 atom stereocenters. The van der Waals surface area contributed by atoms with Gasteiger partial charge in [-0.05, 0) is 37.3 Å². The van der Waals surface area contributed by atoms with Gasteiger partial charge in [-0.25, -0.2) is 4.99 Å². The summed E-state index contributed by atoms with van der Waals surface area (Å²) in [5.74, 6) is 0. The number of aryl methyl sites for hydroxylation is 2. The van der Waals surface area contributed by atoms with Crippen molar-refractivity contribution in [2.24, 2.45) is 4.99 Å². The van der Waals surface area contributed by atoms with Crippen LogP contribution in [-0.2, 0) is 12.8 Å². The van der Waals surface area contributed by atoms with Gasteiger partial charge in [-0.1, -0.05) is 29.8 Å². The molecule has 2 nitrogen and oxygen atoms in total. The summed E-state index contributed by atoms with van der Waals surface area (Å²) in [6.07, 6.45) is 5.17. The van der Waals surface area contributed by atoms with E-state index in [0.29, 0.717) is 0 Å². The largest absolute Gasteiger partial charge is 0.244 e. The lowest BCUT2D eigenvalue weighted by Crippen LogP contribution is -1.82. The van der Waals surface area contributed by atoms with Gasteiger partial charge in [-0.3, -0.25) is 0 Å². The lowest BCUT2D eigenvalue weighted by Gasteiger charge is -1.95. The van der Waals surface area contributed by atoms with Crippen LogP contribution >= 0.6 is 11.3 Å². The molecule has 0 N–H and O–H groups in total. The number of fused-ring (bicyclic) bond motifs is 1. The van der Waals surface area contributed by atoms with Gasteiger partial charge in [0.25, 0.3) is 0 Å². The Balaban J connectivity index is 1.92. The minimum atomic E-state index is 0.792. The second kappa shape index (κ2) is 4.99. The van der Waals surface area contributed by atoms with E-state index < -0.39 is 0 Å². The lowest BCUT2D eigenvalue weighted by molar-refractivity contribution is 0.913. The first-order valence-electron chi connectivity index (χ1n) is 6.43. The maximum atomic E-state index is 9.29. The van der Waals surface area contributed by atoms with Crippen LogP contribution in [0.4, 0.5) is 5.00 Å². The van der Waals surface area contributed by atoms with Crippen LogP contribution in [0.25, 0.3) is 0 Å². The van der Waals surface area contributed by atoms with Crippen LogP contribution in [-0.4, -0.2) is 6.21 Å². The number of nitrogens with zero attached hydrogens (tertiary/aromatic N) is 2.